The van der Waals surface area contributed by atoms with Gasteiger partial charge in [-0.15, -0.1) is 0 Å². The van der Waals surface area contributed by atoms with Gasteiger partial charge in [-0.1, -0.05) is 24.9 Å². The Labute approximate surface area is 135 Å². The summed E-state index contributed by atoms with van der Waals surface area (Å²) in [5, 5.41) is 0.497. The predicted molar refractivity (Wildman–Crippen MR) is 85.3 cm³/mol. The van der Waals surface area contributed by atoms with E-state index >= 15 is 0 Å². The number of aromatic nitrogens is 2. The van der Waals surface area contributed by atoms with Crippen molar-refractivity contribution >= 4 is 34.2 Å². The Morgan fingerprint density at radius 3 is 2.85 bits per heavy atom. The number of halogens is 2. The Bertz CT molecular complexity index is 664. The second-order valence-electron chi connectivity index (χ2n) is 4.42. The van der Waals surface area contributed by atoms with E-state index in [1.54, 1.807) is 0 Å². The fourth-order valence-electron chi connectivity index (χ4n) is 2.03. The lowest BCUT2D eigenvalue weighted by Crippen LogP contribution is -2.00. The topological polar surface area (TPSA) is 44.2 Å². The molecule has 2 heterocycles. The van der Waals surface area contributed by atoms with Crippen LogP contribution in [0.3, 0.4) is 0 Å². The summed E-state index contributed by atoms with van der Waals surface area (Å²) in [5.74, 6) is 2.09. The maximum Gasteiger partial charge on any atom is 0.231 e. The largest absolute Gasteiger partial charge is 0.454 e. The van der Waals surface area contributed by atoms with Crippen molar-refractivity contribution in [3.8, 4) is 22.9 Å². The van der Waals surface area contributed by atoms with Crippen LogP contribution in [-0.4, -0.2) is 16.8 Å². The monoisotopic (exact) mass is 402 g/mol. The third-order valence-corrected chi connectivity index (χ3v) is 4.72. The SMILES string of the molecule is CCCc1nc(-c2ccc3c(c2)OCO3)nc(Cl)c1I. The van der Waals surface area contributed by atoms with Crippen LogP contribution in [0.25, 0.3) is 11.4 Å². The number of ether oxygens (including phenoxy) is 2. The first kappa shape index (κ1) is 13.9. The van der Waals surface area contributed by atoms with Gasteiger partial charge in [0.1, 0.15) is 5.15 Å². The van der Waals surface area contributed by atoms with Crippen LogP contribution in [0.15, 0.2) is 18.2 Å². The molecule has 3 rings (SSSR count). The molecule has 0 spiro atoms. The van der Waals surface area contributed by atoms with Gasteiger partial charge in [-0.2, -0.15) is 0 Å². The highest BCUT2D eigenvalue weighted by atomic mass is 127. The van der Waals surface area contributed by atoms with Gasteiger partial charge in [-0.25, -0.2) is 9.97 Å². The van der Waals surface area contributed by atoms with Crippen molar-refractivity contribution in [1.82, 2.24) is 9.97 Å². The molecule has 6 heteroatoms. The molecule has 104 valence electrons. The third kappa shape index (κ3) is 2.56. The molecule has 2 aromatic rings. The molecular formula is C14H12ClIN2O2. The summed E-state index contributed by atoms with van der Waals surface area (Å²) in [5.41, 5.74) is 1.87. The molecule has 20 heavy (non-hydrogen) atoms. The molecule has 0 saturated heterocycles. The van der Waals surface area contributed by atoms with E-state index in [9.17, 15) is 0 Å². The summed E-state index contributed by atoms with van der Waals surface area (Å²) in [6.07, 6.45) is 1.90. The fourth-order valence-corrected chi connectivity index (χ4v) is 2.73. The number of hydrogen-bond donors (Lipinski definition) is 0. The number of hydrogen-bond acceptors (Lipinski definition) is 4. The Kier molecular flexibility index (Phi) is 3.98. The van der Waals surface area contributed by atoms with E-state index in [1.807, 2.05) is 18.2 Å². The second-order valence-corrected chi connectivity index (χ2v) is 5.85. The maximum absolute atomic E-state index is 6.21. The van der Waals surface area contributed by atoms with E-state index in [4.69, 9.17) is 21.1 Å². The van der Waals surface area contributed by atoms with Crippen LogP contribution in [0.4, 0.5) is 0 Å². The zero-order chi connectivity index (χ0) is 14.1. The third-order valence-electron chi connectivity index (χ3n) is 3.00. The average molecular weight is 403 g/mol. The molecule has 0 N–H and O–H groups in total. The van der Waals surface area contributed by atoms with Gasteiger partial charge in [-0.05, 0) is 47.2 Å². The van der Waals surface area contributed by atoms with Crippen molar-refractivity contribution in [1.29, 1.82) is 0 Å². The van der Waals surface area contributed by atoms with Crippen LogP contribution in [0.5, 0.6) is 11.5 Å². The molecular weight excluding hydrogens is 391 g/mol. The van der Waals surface area contributed by atoms with Crippen molar-refractivity contribution in [3.05, 3.63) is 32.6 Å². The summed E-state index contributed by atoms with van der Waals surface area (Å²) in [7, 11) is 0. The summed E-state index contributed by atoms with van der Waals surface area (Å²) < 4.78 is 11.6. The Balaban J connectivity index is 2.05. The number of fused-ring (bicyclic) bond motifs is 1. The molecule has 0 fully saturated rings. The summed E-state index contributed by atoms with van der Waals surface area (Å²) in [6.45, 7) is 2.38. The number of aryl methyl sites for hydroxylation is 1. The highest BCUT2D eigenvalue weighted by Gasteiger charge is 2.16. The van der Waals surface area contributed by atoms with Crippen molar-refractivity contribution in [2.75, 3.05) is 6.79 Å². The average Bonchev–Trinajstić information content (AvgIpc) is 2.91. The lowest BCUT2D eigenvalue weighted by molar-refractivity contribution is 0.174. The van der Waals surface area contributed by atoms with Crippen LogP contribution in [-0.2, 0) is 6.42 Å². The highest BCUT2D eigenvalue weighted by Crippen LogP contribution is 2.35. The van der Waals surface area contributed by atoms with Crippen molar-refractivity contribution in [3.63, 3.8) is 0 Å². The lowest BCUT2D eigenvalue weighted by atomic mass is 10.1. The number of nitrogens with zero attached hydrogens (tertiary/aromatic N) is 2. The van der Waals surface area contributed by atoms with E-state index < -0.39 is 0 Å². The van der Waals surface area contributed by atoms with Gasteiger partial charge < -0.3 is 9.47 Å². The first-order chi connectivity index (χ1) is 9.69. The van der Waals surface area contributed by atoms with Crippen LogP contribution in [0.1, 0.15) is 19.0 Å². The second kappa shape index (κ2) is 5.73. The summed E-state index contributed by atoms with van der Waals surface area (Å²) >= 11 is 8.40. The van der Waals surface area contributed by atoms with Gasteiger partial charge in [0, 0.05) is 5.56 Å². The van der Waals surface area contributed by atoms with Crippen LogP contribution < -0.4 is 9.47 Å². The van der Waals surface area contributed by atoms with Crippen molar-refractivity contribution in [2.45, 2.75) is 19.8 Å². The molecule has 1 aliphatic rings. The Morgan fingerprint density at radius 1 is 1.25 bits per heavy atom. The van der Waals surface area contributed by atoms with Crippen LogP contribution in [0, 0.1) is 3.57 Å². The van der Waals surface area contributed by atoms with Crippen LogP contribution in [0.2, 0.25) is 5.15 Å². The molecule has 0 saturated carbocycles. The van der Waals surface area contributed by atoms with Crippen LogP contribution >= 0.6 is 34.2 Å². The zero-order valence-electron chi connectivity index (χ0n) is 10.8. The van der Waals surface area contributed by atoms with Gasteiger partial charge >= 0.3 is 0 Å². The van der Waals surface area contributed by atoms with E-state index in [1.165, 1.54) is 0 Å². The zero-order valence-corrected chi connectivity index (χ0v) is 13.7. The number of rotatable bonds is 3. The lowest BCUT2D eigenvalue weighted by Gasteiger charge is -2.08. The molecule has 1 aromatic carbocycles. The standard InChI is InChI=1S/C14H12ClIN2O2/c1-2-3-9-12(16)13(15)18-14(17-9)8-4-5-10-11(6-8)20-7-19-10/h4-6H,2-3,7H2,1H3. The normalized spacial score (nSPS) is 12.8. The summed E-state index contributed by atoms with van der Waals surface area (Å²) in [4.78, 5) is 8.98. The quantitative estimate of drug-likeness (QED) is 0.573. The molecule has 0 bridgehead atoms. The maximum atomic E-state index is 6.21. The smallest absolute Gasteiger partial charge is 0.231 e. The van der Waals surface area contributed by atoms with Gasteiger partial charge in [0.15, 0.2) is 17.3 Å². The van der Waals surface area contributed by atoms with Crippen molar-refractivity contribution in [2.24, 2.45) is 0 Å². The molecule has 1 aromatic heterocycles. The van der Waals surface area contributed by atoms with Gasteiger partial charge in [0.25, 0.3) is 0 Å². The Morgan fingerprint density at radius 2 is 2.05 bits per heavy atom. The minimum atomic E-state index is 0.258. The summed E-state index contributed by atoms with van der Waals surface area (Å²) in [6, 6.07) is 5.67. The van der Waals surface area contributed by atoms with E-state index in [2.05, 4.69) is 39.5 Å². The Hall–Kier alpha value is -1.08. The van der Waals surface area contributed by atoms with Gasteiger partial charge in [0.05, 0.1) is 9.26 Å². The first-order valence-electron chi connectivity index (χ1n) is 6.31. The fraction of sp³-hybridized carbons (Fsp3) is 0.286. The molecule has 0 aliphatic carbocycles. The number of benzene rings is 1. The minimum absolute atomic E-state index is 0.258. The molecule has 1 aliphatic heterocycles. The van der Waals surface area contributed by atoms with E-state index in [0.717, 1.165) is 39.2 Å². The first-order valence-corrected chi connectivity index (χ1v) is 7.76. The highest BCUT2D eigenvalue weighted by molar-refractivity contribution is 14.1. The molecule has 0 atom stereocenters. The van der Waals surface area contributed by atoms with Crippen molar-refractivity contribution < 1.29 is 9.47 Å². The molecule has 0 unspecified atom stereocenters. The predicted octanol–water partition coefficient (Wildman–Crippen LogP) is 4.08. The van der Waals surface area contributed by atoms with Gasteiger partial charge in [0.2, 0.25) is 6.79 Å². The van der Waals surface area contributed by atoms with Gasteiger partial charge in [-0.3, -0.25) is 0 Å². The van der Waals surface area contributed by atoms with E-state index in [0.29, 0.717) is 11.0 Å². The minimum Gasteiger partial charge on any atom is -0.454 e. The molecule has 0 radical (unpaired) electrons. The molecule has 4 nitrogen and oxygen atoms in total. The van der Waals surface area contributed by atoms with E-state index in [-0.39, 0.29) is 6.79 Å². The molecule has 0 amide bonds.